The third kappa shape index (κ3) is 5.48. The van der Waals surface area contributed by atoms with Crippen molar-refractivity contribution in [3.8, 4) is 5.75 Å². The van der Waals surface area contributed by atoms with Crippen LogP contribution < -0.4 is 10.1 Å². The van der Waals surface area contributed by atoms with Crippen molar-refractivity contribution in [2.75, 3.05) is 25.1 Å². The molecule has 0 saturated heterocycles. The van der Waals surface area contributed by atoms with E-state index < -0.39 is 24.5 Å². The Kier molecular flexibility index (Phi) is 7.11. The van der Waals surface area contributed by atoms with Gasteiger partial charge in [-0.25, -0.2) is 9.59 Å². The van der Waals surface area contributed by atoms with E-state index in [1.165, 1.54) is 11.3 Å². The van der Waals surface area contributed by atoms with E-state index in [-0.39, 0.29) is 13.2 Å². The number of hydrogen-bond acceptors (Lipinski definition) is 7. The molecule has 0 atom stereocenters. The molecule has 0 saturated carbocycles. The second-order valence-corrected chi connectivity index (χ2v) is 7.78. The third-order valence-electron chi connectivity index (χ3n) is 4.19. The van der Waals surface area contributed by atoms with E-state index in [9.17, 15) is 14.4 Å². The molecule has 154 valence electrons. The summed E-state index contributed by atoms with van der Waals surface area (Å²) >= 11 is 7.14. The molecule has 1 N–H and O–H groups in total. The summed E-state index contributed by atoms with van der Waals surface area (Å²) in [5.74, 6) is -1.21. The zero-order chi connectivity index (χ0) is 20.8. The van der Waals surface area contributed by atoms with Gasteiger partial charge in [0.25, 0.3) is 5.91 Å². The minimum absolute atomic E-state index is 0.252. The van der Waals surface area contributed by atoms with Gasteiger partial charge in [0, 0.05) is 9.90 Å². The number of aryl methyl sites for hydroxylation is 1. The molecule has 1 aromatic carbocycles. The first-order valence-corrected chi connectivity index (χ1v) is 10.3. The van der Waals surface area contributed by atoms with Crippen molar-refractivity contribution in [3.05, 3.63) is 45.3 Å². The Morgan fingerprint density at radius 2 is 1.86 bits per heavy atom. The van der Waals surface area contributed by atoms with Gasteiger partial charge >= 0.3 is 11.9 Å². The number of anilines is 1. The van der Waals surface area contributed by atoms with Crippen LogP contribution in [-0.2, 0) is 31.9 Å². The maximum Gasteiger partial charge on any atom is 0.344 e. The highest BCUT2D eigenvalue weighted by atomic mass is 35.5. The number of esters is 2. The Morgan fingerprint density at radius 1 is 1.10 bits per heavy atom. The van der Waals surface area contributed by atoms with Gasteiger partial charge in [-0.05, 0) is 56.0 Å². The average Bonchev–Trinajstić information content (AvgIpc) is 3.26. The Morgan fingerprint density at radius 3 is 2.59 bits per heavy atom. The monoisotopic (exact) mass is 437 g/mol. The molecule has 1 heterocycles. The standard InChI is InChI=1S/C20H20ClNO6S/c1-2-26-20(25)18-14-4-3-5-15(14)29-19(18)22-16(23)10-28-17(24)11-27-13-8-6-12(21)7-9-13/h6-9H,2-5,10-11H2,1H3,(H,22,23). The second kappa shape index (κ2) is 9.76. The zero-order valence-corrected chi connectivity index (χ0v) is 17.4. The van der Waals surface area contributed by atoms with Crippen LogP contribution in [0.2, 0.25) is 5.02 Å². The molecule has 0 aliphatic heterocycles. The van der Waals surface area contributed by atoms with Gasteiger partial charge < -0.3 is 19.5 Å². The molecule has 29 heavy (non-hydrogen) atoms. The van der Waals surface area contributed by atoms with Gasteiger partial charge in [-0.2, -0.15) is 0 Å². The number of ether oxygens (including phenoxy) is 3. The first-order chi connectivity index (χ1) is 14.0. The number of fused-ring (bicyclic) bond motifs is 1. The summed E-state index contributed by atoms with van der Waals surface area (Å²) in [5.41, 5.74) is 1.35. The molecule has 2 aromatic rings. The van der Waals surface area contributed by atoms with Crippen LogP contribution in [0.25, 0.3) is 0 Å². The minimum Gasteiger partial charge on any atom is -0.482 e. The largest absolute Gasteiger partial charge is 0.482 e. The van der Waals surface area contributed by atoms with Gasteiger partial charge in [-0.15, -0.1) is 11.3 Å². The van der Waals surface area contributed by atoms with E-state index in [0.717, 1.165) is 29.7 Å². The van der Waals surface area contributed by atoms with E-state index in [2.05, 4.69) is 5.32 Å². The highest BCUT2D eigenvalue weighted by Crippen LogP contribution is 2.39. The lowest BCUT2D eigenvalue weighted by molar-refractivity contribution is -0.149. The number of amides is 1. The van der Waals surface area contributed by atoms with Crippen molar-refractivity contribution in [2.24, 2.45) is 0 Å². The number of halogens is 1. The second-order valence-electron chi connectivity index (χ2n) is 6.23. The molecular weight excluding hydrogens is 418 g/mol. The Balaban J connectivity index is 1.52. The summed E-state index contributed by atoms with van der Waals surface area (Å²) in [6.45, 7) is 1.17. The summed E-state index contributed by atoms with van der Waals surface area (Å²) < 4.78 is 15.3. The molecule has 7 nitrogen and oxygen atoms in total. The highest BCUT2D eigenvalue weighted by Gasteiger charge is 2.28. The smallest absolute Gasteiger partial charge is 0.344 e. The van der Waals surface area contributed by atoms with Crippen LogP contribution in [0.4, 0.5) is 5.00 Å². The maximum absolute atomic E-state index is 12.3. The van der Waals surface area contributed by atoms with Gasteiger partial charge in [-0.3, -0.25) is 4.79 Å². The van der Waals surface area contributed by atoms with Gasteiger partial charge in [0.1, 0.15) is 10.8 Å². The third-order valence-corrected chi connectivity index (χ3v) is 5.65. The van der Waals surface area contributed by atoms with Crippen molar-refractivity contribution in [1.82, 2.24) is 0 Å². The lowest BCUT2D eigenvalue weighted by Gasteiger charge is -2.09. The summed E-state index contributed by atoms with van der Waals surface area (Å²) in [6, 6.07) is 6.51. The van der Waals surface area contributed by atoms with E-state index in [1.807, 2.05) is 0 Å². The first-order valence-electron chi connectivity index (χ1n) is 9.13. The number of benzene rings is 1. The van der Waals surface area contributed by atoms with Gasteiger partial charge in [0.05, 0.1) is 12.2 Å². The molecule has 1 aliphatic carbocycles. The Hall–Kier alpha value is -2.58. The van der Waals surface area contributed by atoms with Crippen molar-refractivity contribution in [2.45, 2.75) is 26.2 Å². The molecule has 1 aliphatic rings. The molecule has 1 amide bonds. The molecule has 0 radical (unpaired) electrons. The van der Waals surface area contributed by atoms with Crippen molar-refractivity contribution in [3.63, 3.8) is 0 Å². The number of thiophene rings is 1. The average molecular weight is 438 g/mol. The van der Waals surface area contributed by atoms with E-state index in [4.69, 9.17) is 25.8 Å². The topological polar surface area (TPSA) is 90.9 Å². The number of carbonyl (C=O) groups excluding carboxylic acids is 3. The number of rotatable bonds is 8. The number of hydrogen-bond donors (Lipinski definition) is 1. The lowest BCUT2D eigenvalue weighted by atomic mass is 10.1. The predicted octanol–water partition coefficient (Wildman–Crippen LogP) is 3.63. The van der Waals surface area contributed by atoms with Crippen molar-refractivity contribution >= 4 is 45.8 Å². The molecule has 0 bridgehead atoms. The fraction of sp³-hybridized carbons (Fsp3) is 0.350. The molecular formula is C20H20ClNO6S. The van der Waals surface area contributed by atoms with Gasteiger partial charge in [-0.1, -0.05) is 11.6 Å². The van der Waals surface area contributed by atoms with Gasteiger partial charge in [0.2, 0.25) is 0 Å². The van der Waals surface area contributed by atoms with Crippen LogP contribution in [-0.4, -0.2) is 37.7 Å². The minimum atomic E-state index is -0.686. The lowest BCUT2D eigenvalue weighted by Crippen LogP contribution is -2.24. The van der Waals surface area contributed by atoms with Crippen LogP contribution in [0.15, 0.2) is 24.3 Å². The Bertz CT molecular complexity index is 908. The highest BCUT2D eigenvalue weighted by molar-refractivity contribution is 7.17. The van der Waals surface area contributed by atoms with E-state index in [0.29, 0.717) is 21.3 Å². The van der Waals surface area contributed by atoms with E-state index >= 15 is 0 Å². The Labute approximate surface area is 176 Å². The number of nitrogens with one attached hydrogen (secondary N) is 1. The molecule has 0 unspecified atom stereocenters. The molecule has 1 aromatic heterocycles. The summed E-state index contributed by atoms with van der Waals surface area (Å²) in [6.07, 6.45) is 2.64. The molecule has 3 rings (SSSR count). The van der Waals surface area contributed by atoms with Crippen LogP contribution in [0, 0.1) is 0 Å². The van der Waals surface area contributed by atoms with Gasteiger partial charge in [0.15, 0.2) is 13.2 Å². The normalized spacial score (nSPS) is 12.2. The van der Waals surface area contributed by atoms with Crippen LogP contribution >= 0.6 is 22.9 Å². The quantitative estimate of drug-likeness (QED) is 0.634. The summed E-state index contributed by atoms with van der Waals surface area (Å²) in [4.78, 5) is 37.4. The fourth-order valence-corrected chi connectivity index (χ4v) is 4.35. The van der Waals surface area contributed by atoms with Crippen molar-refractivity contribution < 1.29 is 28.6 Å². The first kappa shape index (κ1) is 21.1. The summed E-state index contributed by atoms with van der Waals surface area (Å²) in [7, 11) is 0. The molecule has 9 heteroatoms. The zero-order valence-electron chi connectivity index (χ0n) is 15.8. The van der Waals surface area contributed by atoms with Crippen LogP contribution in [0.1, 0.15) is 34.1 Å². The van der Waals surface area contributed by atoms with Crippen LogP contribution in [0.3, 0.4) is 0 Å². The SMILES string of the molecule is CCOC(=O)c1c(NC(=O)COC(=O)COc2ccc(Cl)cc2)sc2c1CCC2. The summed E-state index contributed by atoms with van der Waals surface area (Å²) in [5, 5.41) is 3.65. The fourth-order valence-electron chi connectivity index (χ4n) is 2.94. The van der Waals surface area contributed by atoms with E-state index in [1.54, 1.807) is 31.2 Å². The van der Waals surface area contributed by atoms with Crippen molar-refractivity contribution in [1.29, 1.82) is 0 Å². The maximum atomic E-state index is 12.3. The van der Waals surface area contributed by atoms with Crippen LogP contribution in [0.5, 0.6) is 5.75 Å². The predicted molar refractivity (Wildman–Crippen MR) is 109 cm³/mol. The molecule has 0 spiro atoms. The number of carbonyl (C=O) groups is 3. The molecule has 0 fully saturated rings.